The molecule has 2 heterocycles. The van der Waals surface area contributed by atoms with Gasteiger partial charge in [-0.25, -0.2) is 14.0 Å². The molecule has 1 aromatic carbocycles. The molecule has 28 heavy (non-hydrogen) atoms. The van der Waals surface area contributed by atoms with E-state index in [2.05, 4.69) is 22.2 Å². The van der Waals surface area contributed by atoms with E-state index >= 15 is 0 Å². The van der Waals surface area contributed by atoms with Crippen LogP contribution in [0, 0.1) is 5.82 Å². The predicted octanol–water partition coefficient (Wildman–Crippen LogP) is 1.59. The van der Waals surface area contributed by atoms with Gasteiger partial charge in [-0.15, -0.1) is 0 Å². The molecular formula is C20H27FN4O3. The molecule has 7 nitrogen and oxygen atoms in total. The molecular weight excluding hydrogens is 363 g/mol. The summed E-state index contributed by atoms with van der Waals surface area (Å²) in [5.74, 6) is -1.01. The van der Waals surface area contributed by atoms with Gasteiger partial charge in [0.1, 0.15) is 5.82 Å². The number of urea groups is 1. The topological polar surface area (TPSA) is 65.1 Å². The van der Waals surface area contributed by atoms with Gasteiger partial charge in [-0.1, -0.05) is 18.2 Å². The molecule has 2 aliphatic rings. The second-order valence-corrected chi connectivity index (χ2v) is 7.12. The normalized spacial score (nSPS) is 21.6. The zero-order valence-corrected chi connectivity index (χ0v) is 16.6. The van der Waals surface area contributed by atoms with E-state index in [4.69, 9.17) is 4.74 Å². The van der Waals surface area contributed by atoms with Crippen molar-refractivity contribution in [2.24, 2.45) is 0 Å². The molecule has 3 rings (SSSR count). The van der Waals surface area contributed by atoms with Crippen LogP contribution in [0.4, 0.5) is 9.18 Å². The van der Waals surface area contributed by atoms with Crippen molar-refractivity contribution in [3.8, 4) is 0 Å². The van der Waals surface area contributed by atoms with E-state index in [0.29, 0.717) is 12.2 Å². The molecule has 0 aliphatic carbocycles. The molecule has 0 aromatic heterocycles. The number of likely N-dealkylation sites (N-methyl/N-ethyl adjacent to an activating group) is 2. The number of nitrogens with zero attached hydrogens (tertiary/aromatic N) is 3. The Hall–Kier alpha value is -2.45. The summed E-state index contributed by atoms with van der Waals surface area (Å²) in [7, 11) is 3.69. The van der Waals surface area contributed by atoms with Crippen LogP contribution in [-0.2, 0) is 9.53 Å². The molecule has 1 atom stereocenters. The predicted molar refractivity (Wildman–Crippen MR) is 103 cm³/mol. The molecule has 2 aliphatic heterocycles. The van der Waals surface area contributed by atoms with Crippen LogP contribution in [0.15, 0.2) is 35.5 Å². The second-order valence-electron chi connectivity index (χ2n) is 7.12. The van der Waals surface area contributed by atoms with Crippen molar-refractivity contribution >= 4 is 12.0 Å². The number of hydrogen-bond acceptors (Lipinski definition) is 5. The van der Waals surface area contributed by atoms with E-state index in [0.717, 1.165) is 26.2 Å². The number of piperazine rings is 1. The van der Waals surface area contributed by atoms with Crippen LogP contribution in [-0.4, -0.2) is 80.1 Å². The first kappa shape index (κ1) is 20.3. The van der Waals surface area contributed by atoms with E-state index in [1.165, 1.54) is 11.0 Å². The minimum Gasteiger partial charge on any atom is -0.463 e. The van der Waals surface area contributed by atoms with Gasteiger partial charge in [-0.2, -0.15) is 0 Å². The van der Waals surface area contributed by atoms with Gasteiger partial charge in [-0.05, 0) is 20.0 Å². The SMILES string of the molecule is CCOC(=O)C1=C(CN2CCN(C)CC2)N(C)C(=O)NC1c1ccccc1F. The molecule has 0 radical (unpaired) electrons. The van der Waals surface area contributed by atoms with Crippen molar-refractivity contribution in [1.82, 2.24) is 20.0 Å². The molecule has 0 saturated carbocycles. The number of ether oxygens (including phenoxy) is 1. The maximum absolute atomic E-state index is 14.5. The Labute approximate surface area is 164 Å². The van der Waals surface area contributed by atoms with Crippen molar-refractivity contribution in [2.75, 3.05) is 53.4 Å². The lowest BCUT2D eigenvalue weighted by Crippen LogP contribution is -2.51. The summed E-state index contributed by atoms with van der Waals surface area (Å²) in [5.41, 5.74) is 1.09. The van der Waals surface area contributed by atoms with Crippen LogP contribution in [0.3, 0.4) is 0 Å². The number of amides is 2. The molecule has 152 valence electrons. The smallest absolute Gasteiger partial charge is 0.338 e. The van der Waals surface area contributed by atoms with Crippen molar-refractivity contribution in [3.05, 3.63) is 46.9 Å². The lowest BCUT2D eigenvalue weighted by atomic mass is 9.94. The van der Waals surface area contributed by atoms with Gasteiger partial charge in [0.15, 0.2) is 0 Å². The van der Waals surface area contributed by atoms with Gasteiger partial charge in [-0.3, -0.25) is 9.80 Å². The Morgan fingerprint density at radius 1 is 1.21 bits per heavy atom. The lowest BCUT2D eigenvalue weighted by molar-refractivity contribution is -0.139. The molecule has 1 unspecified atom stereocenters. The van der Waals surface area contributed by atoms with Crippen LogP contribution in [0.2, 0.25) is 0 Å². The summed E-state index contributed by atoms with van der Waals surface area (Å²) in [6.07, 6.45) is 0. The molecule has 1 saturated heterocycles. The maximum atomic E-state index is 14.5. The monoisotopic (exact) mass is 390 g/mol. The third-order valence-electron chi connectivity index (χ3n) is 5.26. The quantitative estimate of drug-likeness (QED) is 0.774. The minimum absolute atomic E-state index is 0.200. The van der Waals surface area contributed by atoms with Crippen LogP contribution < -0.4 is 5.32 Å². The third-order valence-corrected chi connectivity index (χ3v) is 5.26. The summed E-state index contributed by atoms with van der Waals surface area (Å²) in [5, 5.41) is 2.75. The van der Waals surface area contributed by atoms with E-state index in [1.54, 1.807) is 32.2 Å². The van der Waals surface area contributed by atoms with Crippen LogP contribution >= 0.6 is 0 Å². The number of carbonyl (C=O) groups is 2. The molecule has 0 bridgehead atoms. The van der Waals surface area contributed by atoms with Gasteiger partial charge in [0, 0.05) is 51.0 Å². The largest absolute Gasteiger partial charge is 0.463 e. The van der Waals surface area contributed by atoms with E-state index < -0.39 is 17.8 Å². The minimum atomic E-state index is -0.883. The highest BCUT2D eigenvalue weighted by Gasteiger charge is 2.38. The molecule has 2 amide bonds. The second kappa shape index (κ2) is 8.70. The summed E-state index contributed by atoms with van der Waals surface area (Å²) < 4.78 is 19.8. The highest BCUT2D eigenvalue weighted by Crippen LogP contribution is 2.32. The van der Waals surface area contributed by atoms with Gasteiger partial charge in [0.25, 0.3) is 0 Å². The van der Waals surface area contributed by atoms with Crippen molar-refractivity contribution in [1.29, 1.82) is 0 Å². The number of halogens is 1. The lowest BCUT2D eigenvalue weighted by Gasteiger charge is -2.38. The fourth-order valence-corrected chi connectivity index (χ4v) is 3.56. The zero-order valence-electron chi connectivity index (χ0n) is 16.6. The number of benzene rings is 1. The standard InChI is InChI=1S/C20H27FN4O3/c1-4-28-19(26)17-16(13-25-11-9-23(2)10-12-25)24(3)20(27)22-18(17)14-7-5-6-8-15(14)21/h5-8,18H,4,9-13H2,1-3H3,(H,22,27). The van der Waals surface area contributed by atoms with Gasteiger partial charge in [0.05, 0.1) is 18.2 Å². The van der Waals surface area contributed by atoms with E-state index in [9.17, 15) is 14.0 Å². The highest BCUT2D eigenvalue weighted by atomic mass is 19.1. The van der Waals surface area contributed by atoms with E-state index in [-0.39, 0.29) is 23.8 Å². The van der Waals surface area contributed by atoms with Crippen LogP contribution in [0.1, 0.15) is 18.5 Å². The van der Waals surface area contributed by atoms with Gasteiger partial charge >= 0.3 is 12.0 Å². The third kappa shape index (κ3) is 4.18. The summed E-state index contributed by atoms with van der Waals surface area (Å²) in [6.45, 7) is 5.83. The number of esters is 1. The fourth-order valence-electron chi connectivity index (χ4n) is 3.56. The van der Waals surface area contributed by atoms with Crippen LogP contribution in [0.5, 0.6) is 0 Å². The Kier molecular flexibility index (Phi) is 6.31. The number of hydrogen-bond donors (Lipinski definition) is 1. The number of carbonyl (C=O) groups excluding carboxylic acids is 2. The summed E-state index contributed by atoms with van der Waals surface area (Å²) >= 11 is 0. The number of nitrogens with one attached hydrogen (secondary N) is 1. The van der Waals surface area contributed by atoms with Crippen molar-refractivity contribution < 1.29 is 18.7 Å². The molecule has 0 spiro atoms. The molecule has 8 heteroatoms. The van der Waals surface area contributed by atoms with Gasteiger partial charge < -0.3 is 15.0 Å². The molecule has 1 N–H and O–H groups in total. The van der Waals surface area contributed by atoms with Gasteiger partial charge in [0.2, 0.25) is 0 Å². The average Bonchev–Trinajstić information content (AvgIpc) is 2.67. The first-order valence-corrected chi connectivity index (χ1v) is 9.52. The maximum Gasteiger partial charge on any atom is 0.338 e. The summed E-state index contributed by atoms with van der Waals surface area (Å²) in [4.78, 5) is 31.3. The van der Waals surface area contributed by atoms with Crippen molar-refractivity contribution in [3.63, 3.8) is 0 Å². The average molecular weight is 390 g/mol. The highest BCUT2D eigenvalue weighted by molar-refractivity contribution is 5.95. The summed E-state index contributed by atoms with van der Waals surface area (Å²) in [6, 6.07) is 4.92. The zero-order chi connectivity index (χ0) is 20.3. The molecule has 1 fully saturated rings. The first-order chi connectivity index (χ1) is 13.4. The first-order valence-electron chi connectivity index (χ1n) is 9.52. The Morgan fingerprint density at radius 3 is 2.54 bits per heavy atom. The Bertz CT molecular complexity index is 774. The Balaban J connectivity index is 2.03. The molecule has 1 aromatic rings. The van der Waals surface area contributed by atoms with Crippen LogP contribution in [0.25, 0.3) is 0 Å². The Morgan fingerprint density at radius 2 is 1.89 bits per heavy atom. The van der Waals surface area contributed by atoms with Crippen molar-refractivity contribution in [2.45, 2.75) is 13.0 Å². The van der Waals surface area contributed by atoms with E-state index in [1.807, 2.05) is 0 Å². The fraction of sp³-hybridized carbons (Fsp3) is 0.500. The number of rotatable bonds is 5.